The fraction of sp³-hybridized carbons (Fsp3) is 0.417. The lowest BCUT2D eigenvalue weighted by molar-refractivity contribution is -0.118. The van der Waals surface area contributed by atoms with Crippen LogP contribution in [-0.2, 0) is 4.79 Å². The lowest BCUT2D eigenvalue weighted by Crippen LogP contribution is -2.31. The number of amides is 1. The SMILES string of the molecule is CC(=O)NCCNC(C)c1cccc(Cl)c1. The highest BCUT2D eigenvalue weighted by Gasteiger charge is 2.04. The zero-order valence-electron chi connectivity index (χ0n) is 9.59. The predicted octanol–water partition coefficient (Wildman–Crippen LogP) is 2.13. The van der Waals surface area contributed by atoms with Crippen molar-refractivity contribution >= 4 is 17.5 Å². The normalized spacial score (nSPS) is 12.2. The van der Waals surface area contributed by atoms with E-state index in [4.69, 9.17) is 11.6 Å². The van der Waals surface area contributed by atoms with E-state index in [1.807, 2.05) is 24.3 Å². The molecule has 0 saturated carbocycles. The van der Waals surface area contributed by atoms with Gasteiger partial charge in [0.25, 0.3) is 0 Å². The smallest absolute Gasteiger partial charge is 0.216 e. The predicted molar refractivity (Wildman–Crippen MR) is 66.6 cm³/mol. The first-order valence-corrected chi connectivity index (χ1v) is 5.70. The monoisotopic (exact) mass is 240 g/mol. The van der Waals surface area contributed by atoms with Gasteiger partial charge in [0.1, 0.15) is 0 Å². The molecule has 0 fully saturated rings. The maximum absolute atomic E-state index is 10.6. The van der Waals surface area contributed by atoms with Crippen LogP contribution in [0.3, 0.4) is 0 Å². The summed E-state index contributed by atoms with van der Waals surface area (Å²) in [6.07, 6.45) is 0. The van der Waals surface area contributed by atoms with Crippen molar-refractivity contribution < 1.29 is 4.79 Å². The molecule has 16 heavy (non-hydrogen) atoms. The molecule has 2 N–H and O–H groups in total. The number of carbonyl (C=O) groups excluding carboxylic acids is 1. The highest BCUT2D eigenvalue weighted by Crippen LogP contribution is 2.16. The van der Waals surface area contributed by atoms with Crippen molar-refractivity contribution in [2.45, 2.75) is 19.9 Å². The average Bonchev–Trinajstić information content (AvgIpc) is 2.24. The van der Waals surface area contributed by atoms with Crippen LogP contribution in [0.25, 0.3) is 0 Å². The van der Waals surface area contributed by atoms with E-state index in [1.165, 1.54) is 6.92 Å². The third-order valence-electron chi connectivity index (χ3n) is 2.30. The van der Waals surface area contributed by atoms with Gasteiger partial charge in [-0.1, -0.05) is 23.7 Å². The summed E-state index contributed by atoms with van der Waals surface area (Å²) in [7, 11) is 0. The Kier molecular flexibility index (Phi) is 5.29. The van der Waals surface area contributed by atoms with Gasteiger partial charge < -0.3 is 10.6 Å². The Morgan fingerprint density at radius 3 is 2.81 bits per heavy atom. The number of benzene rings is 1. The van der Waals surface area contributed by atoms with E-state index in [2.05, 4.69) is 17.6 Å². The van der Waals surface area contributed by atoms with Crippen LogP contribution >= 0.6 is 11.6 Å². The van der Waals surface area contributed by atoms with Crippen LogP contribution in [0.2, 0.25) is 5.02 Å². The minimum absolute atomic E-state index is 0.00258. The van der Waals surface area contributed by atoms with Gasteiger partial charge in [-0.25, -0.2) is 0 Å². The van der Waals surface area contributed by atoms with Crippen LogP contribution in [0, 0.1) is 0 Å². The van der Waals surface area contributed by atoms with Crippen LogP contribution in [0.5, 0.6) is 0 Å². The van der Waals surface area contributed by atoms with Crippen LogP contribution in [0.4, 0.5) is 0 Å². The van der Waals surface area contributed by atoms with Gasteiger partial charge in [0.2, 0.25) is 5.91 Å². The maximum atomic E-state index is 10.6. The van der Waals surface area contributed by atoms with Crippen LogP contribution in [0.1, 0.15) is 25.5 Å². The van der Waals surface area contributed by atoms with Gasteiger partial charge in [-0.15, -0.1) is 0 Å². The molecule has 0 bridgehead atoms. The Morgan fingerprint density at radius 1 is 1.44 bits per heavy atom. The molecule has 0 radical (unpaired) electrons. The van der Waals surface area contributed by atoms with Crippen LogP contribution in [0.15, 0.2) is 24.3 Å². The number of hydrogen-bond acceptors (Lipinski definition) is 2. The van der Waals surface area contributed by atoms with Gasteiger partial charge >= 0.3 is 0 Å². The van der Waals surface area contributed by atoms with Crippen molar-refractivity contribution in [3.8, 4) is 0 Å². The van der Waals surface area contributed by atoms with Crippen molar-refractivity contribution in [3.05, 3.63) is 34.9 Å². The van der Waals surface area contributed by atoms with Crippen molar-refractivity contribution in [1.82, 2.24) is 10.6 Å². The number of nitrogens with one attached hydrogen (secondary N) is 2. The van der Waals surface area contributed by atoms with E-state index in [0.29, 0.717) is 6.54 Å². The minimum Gasteiger partial charge on any atom is -0.355 e. The molecule has 0 aliphatic carbocycles. The van der Waals surface area contributed by atoms with Crippen molar-refractivity contribution in [2.24, 2.45) is 0 Å². The molecular weight excluding hydrogens is 224 g/mol. The Morgan fingerprint density at radius 2 is 2.19 bits per heavy atom. The molecule has 1 unspecified atom stereocenters. The summed E-state index contributed by atoms with van der Waals surface area (Å²) in [5, 5.41) is 6.79. The molecule has 1 aromatic carbocycles. The average molecular weight is 241 g/mol. The van der Waals surface area contributed by atoms with Gasteiger partial charge in [-0.05, 0) is 24.6 Å². The number of rotatable bonds is 5. The Labute approximate surface area is 101 Å². The van der Waals surface area contributed by atoms with Gasteiger partial charge in [0.15, 0.2) is 0 Å². The van der Waals surface area contributed by atoms with E-state index < -0.39 is 0 Å². The largest absolute Gasteiger partial charge is 0.355 e. The molecule has 0 saturated heterocycles. The Hall–Kier alpha value is -1.06. The lowest BCUT2D eigenvalue weighted by Gasteiger charge is -2.14. The molecule has 1 amide bonds. The summed E-state index contributed by atoms with van der Waals surface area (Å²) in [5.74, 6) is -0.00258. The summed E-state index contributed by atoms with van der Waals surface area (Å²) in [6.45, 7) is 4.97. The van der Waals surface area contributed by atoms with E-state index in [9.17, 15) is 4.79 Å². The topological polar surface area (TPSA) is 41.1 Å². The maximum Gasteiger partial charge on any atom is 0.216 e. The van der Waals surface area contributed by atoms with E-state index in [1.54, 1.807) is 0 Å². The van der Waals surface area contributed by atoms with Crippen molar-refractivity contribution in [3.63, 3.8) is 0 Å². The van der Waals surface area contributed by atoms with Gasteiger partial charge in [-0.2, -0.15) is 0 Å². The fourth-order valence-corrected chi connectivity index (χ4v) is 1.62. The third kappa shape index (κ3) is 4.64. The van der Waals surface area contributed by atoms with E-state index in [-0.39, 0.29) is 11.9 Å². The Bertz CT molecular complexity index is 355. The third-order valence-corrected chi connectivity index (χ3v) is 2.53. The number of halogens is 1. The molecule has 0 aliphatic rings. The number of hydrogen-bond donors (Lipinski definition) is 2. The lowest BCUT2D eigenvalue weighted by atomic mass is 10.1. The molecule has 1 rings (SSSR count). The van der Waals surface area contributed by atoms with E-state index >= 15 is 0 Å². The summed E-state index contributed by atoms with van der Waals surface area (Å²) in [5.41, 5.74) is 1.15. The zero-order valence-corrected chi connectivity index (χ0v) is 10.3. The summed E-state index contributed by atoms with van der Waals surface area (Å²) >= 11 is 5.91. The molecule has 4 heteroatoms. The standard InChI is InChI=1S/C12H17ClN2O/c1-9(14-6-7-15-10(2)16)11-4-3-5-12(13)8-11/h3-5,8-9,14H,6-7H2,1-2H3,(H,15,16). The van der Waals surface area contributed by atoms with Gasteiger partial charge in [0, 0.05) is 31.1 Å². The highest BCUT2D eigenvalue weighted by atomic mass is 35.5. The molecule has 3 nitrogen and oxygen atoms in total. The summed E-state index contributed by atoms with van der Waals surface area (Å²) in [4.78, 5) is 10.6. The second-order valence-corrected chi connectivity index (χ2v) is 4.15. The first-order valence-electron chi connectivity index (χ1n) is 5.33. The zero-order chi connectivity index (χ0) is 12.0. The molecule has 0 heterocycles. The van der Waals surface area contributed by atoms with Crippen molar-refractivity contribution in [1.29, 1.82) is 0 Å². The number of carbonyl (C=O) groups is 1. The summed E-state index contributed by atoms with van der Waals surface area (Å²) < 4.78 is 0. The molecule has 0 spiro atoms. The second-order valence-electron chi connectivity index (χ2n) is 3.71. The van der Waals surface area contributed by atoms with Gasteiger partial charge in [0.05, 0.1) is 0 Å². The first kappa shape index (κ1) is 13.0. The fourth-order valence-electron chi connectivity index (χ4n) is 1.42. The second kappa shape index (κ2) is 6.51. The van der Waals surface area contributed by atoms with Gasteiger partial charge in [-0.3, -0.25) is 4.79 Å². The molecule has 0 aromatic heterocycles. The summed E-state index contributed by atoms with van der Waals surface area (Å²) in [6, 6.07) is 7.99. The van der Waals surface area contributed by atoms with Crippen LogP contribution in [-0.4, -0.2) is 19.0 Å². The minimum atomic E-state index is -0.00258. The first-order chi connectivity index (χ1) is 7.59. The quantitative estimate of drug-likeness (QED) is 0.775. The van der Waals surface area contributed by atoms with Crippen molar-refractivity contribution in [2.75, 3.05) is 13.1 Å². The molecule has 1 aromatic rings. The molecule has 1 atom stereocenters. The van der Waals surface area contributed by atoms with Crippen LogP contribution < -0.4 is 10.6 Å². The highest BCUT2D eigenvalue weighted by molar-refractivity contribution is 6.30. The molecular formula is C12H17ClN2O. The van der Waals surface area contributed by atoms with E-state index in [0.717, 1.165) is 17.1 Å². The Balaban J connectivity index is 2.35. The molecule has 0 aliphatic heterocycles. The molecule has 88 valence electrons.